The summed E-state index contributed by atoms with van der Waals surface area (Å²) in [6.45, 7) is 6.94. The second-order valence-electron chi connectivity index (χ2n) is 8.03. The number of anilines is 2. The maximum atomic E-state index is 12.4. The number of nitrogens with one attached hydrogen (secondary N) is 1. The number of hydrogen-bond acceptors (Lipinski definition) is 5. The summed E-state index contributed by atoms with van der Waals surface area (Å²) in [5.74, 6) is 0. The molecule has 3 N–H and O–H groups in total. The van der Waals surface area contributed by atoms with Gasteiger partial charge in [0.15, 0.2) is 0 Å². The van der Waals surface area contributed by atoms with Crippen LogP contribution in [0.25, 0.3) is 10.8 Å². The molecule has 0 spiro atoms. The molecule has 6 heteroatoms. The van der Waals surface area contributed by atoms with Crippen molar-refractivity contribution in [3.63, 3.8) is 0 Å². The second-order valence-corrected chi connectivity index (χ2v) is 8.03. The number of nitrogens with two attached hydrogens (primary N) is 1. The normalized spacial score (nSPS) is 14.7. The predicted octanol–water partition coefficient (Wildman–Crippen LogP) is 3.05. The lowest BCUT2D eigenvalue weighted by Gasteiger charge is -2.36. The van der Waals surface area contributed by atoms with E-state index in [-0.39, 0.29) is 5.56 Å². The van der Waals surface area contributed by atoms with Crippen LogP contribution in [0.4, 0.5) is 11.4 Å². The minimum atomic E-state index is -0.0612. The molecule has 3 aromatic rings. The molecule has 1 fully saturated rings. The quantitative estimate of drug-likeness (QED) is 0.642. The zero-order chi connectivity index (χ0) is 21.1. The van der Waals surface area contributed by atoms with Gasteiger partial charge in [-0.1, -0.05) is 0 Å². The van der Waals surface area contributed by atoms with Crippen LogP contribution >= 0.6 is 0 Å². The zero-order valence-corrected chi connectivity index (χ0v) is 17.3. The number of rotatable bonds is 5. The Kier molecular flexibility index (Phi) is 5.73. The highest BCUT2D eigenvalue weighted by atomic mass is 16.1. The summed E-state index contributed by atoms with van der Waals surface area (Å²) in [5, 5.41) is 10.4. The minimum absolute atomic E-state index is 0.0612. The number of nitriles is 1. The van der Waals surface area contributed by atoms with Gasteiger partial charge in [0.2, 0.25) is 0 Å². The summed E-state index contributed by atoms with van der Waals surface area (Å²) in [6.07, 6.45) is 1.82. The van der Waals surface area contributed by atoms with E-state index in [1.54, 1.807) is 0 Å². The number of H-pyrrole nitrogens is 1. The summed E-state index contributed by atoms with van der Waals surface area (Å²) < 4.78 is 0. The van der Waals surface area contributed by atoms with E-state index in [1.807, 2.05) is 49.4 Å². The number of hydrogen-bond donors (Lipinski definition) is 2. The molecule has 2 aromatic carbocycles. The lowest BCUT2D eigenvalue weighted by molar-refractivity contribution is 0.255. The molecule has 0 amide bonds. The van der Waals surface area contributed by atoms with Gasteiger partial charge in [0.05, 0.1) is 11.6 Å². The van der Waals surface area contributed by atoms with Gasteiger partial charge in [-0.05, 0) is 74.3 Å². The number of aromatic nitrogens is 1. The molecule has 6 nitrogen and oxygen atoms in total. The Morgan fingerprint density at radius 2 is 1.80 bits per heavy atom. The highest BCUT2D eigenvalue weighted by Crippen LogP contribution is 2.21. The van der Waals surface area contributed by atoms with Crippen molar-refractivity contribution in [2.45, 2.75) is 19.8 Å². The van der Waals surface area contributed by atoms with E-state index < -0.39 is 0 Å². The number of aromatic amines is 1. The Balaban J connectivity index is 1.31. The lowest BCUT2D eigenvalue weighted by Crippen LogP contribution is -2.46. The Bertz CT molecular complexity index is 1140. The fourth-order valence-corrected chi connectivity index (χ4v) is 4.20. The first kappa shape index (κ1) is 20.0. The fraction of sp³-hybridized carbons (Fsp3) is 0.333. The first-order valence-corrected chi connectivity index (χ1v) is 10.4. The van der Waals surface area contributed by atoms with E-state index in [9.17, 15) is 4.79 Å². The maximum absolute atomic E-state index is 12.4. The lowest BCUT2D eigenvalue weighted by atomic mass is 10.1. The van der Waals surface area contributed by atoms with E-state index in [0.717, 1.165) is 62.2 Å². The molecule has 1 aromatic heterocycles. The fourth-order valence-electron chi connectivity index (χ4n) is 4.20. The Hall–Kier alpha value is -3.30. The Morgan fingerprint density at radius 3 is 2.50 bits per heavy atom. The Labute approximate surface area is 176 Å². The molecule has 4 rings (SSSR count). The molecule has 1 aliphatic rings. The summed E-state index contributed by atoms with van der Waals surface area (Å²) in [6, 6.07) is 15.8. The standard InChI is InChI=1S/C24H27N5O/c1-17-13-22-21(23(26)14-17)15-19(27-24(22)30)3-2-8-28-9-11-29(12-10-28)20-6-4-18(16-25)5-7-20/h4-7,13-15H,2-3,8-12,26H2,1H3,(H,27,30). The van der Waals surface area contributed by atoms with Crippen LogP contribution in [-0.4, -0.2) is 42.6 Å². The molecular weight excluding hydrogens is 374 g/mol. The van der Waals surface area contributed by atoms with E-state index in [2.05, 4.69) is 20.9 Å². The third-order valence-electron chi connectivity index (χ3n) is 5.85. The van der Waals surface area contributed by atoms with Gasteiger partial charge in [-0.3, -0.25) is 9.69 Å². The van der Waals surface area contributed by atoms with E-state index in [1.165, 1.54) is 5.69 Å². The van der Waals surface area contributed by atoms with Crippen LogP contribution in [0.2, 0.25) is 0 Å². The van der Waals surface area contributed by atoms with Crippen molar-refractivity contribution in [1.82, 2.24) is 9.88 Å². The second kappa shape index (κ2) is 8.60. The van der Waals surface area contributed by atoms with Gasteiger partial charge in [0.25, 0.3) is 5.56 Å². The van der Waals surface area contributed by atoms with E-state index >= 15 is 0 Å². The molecule has 0 aliphatic carbocycles. The van der Waals surface area contributed by atoms with Crippen molar-refractivity contribution in [1.29, 1.82) is 5.26 Å². The molecule has 154 valence electrons. The molecule has 0 bridgehead atoms. The van der Waals surface area contributed by atoms with Gasteiger partial charge in [0, 0.05) is 54.0 Å². The predicted molar refractivity (Wildman–Crippen MR) is 122 cm³/mol. The van der Waals surface area contributed by atoms with E-state index in [0.29, 0.717) is 16.6 Å². The van der Waals surface area contributed by atoms with E-state index in [4.69, 9.17) is 11.0 Å². The van der Waals surface area contributed by atoms with Crippen LogP contribution in [0.5, 0.6) is 0 Å². The van der Waals surface area contributed by atoms with Gasteiger partial charge < -0.3 is 15.6 Å². The summed E-state index contributed by atoms with van der Waals surface area (Å²) in [5.41, 5.74) is 10.6. The molecule has 0 radical (unpaired) electrons. The largest absolute Gasteiger partial charge is 0.398 e. The van der Waals surface area contributed by atoms with Crippen molar-refractivity contribution >= 4 is 22.1 Å². The van der Waals surface area contributed by atoms with Crippen LogP contribution in [0.3, 0.4) is 0 Å². The van der Waals surface area contributed by atoms with Gasteiger partial charge >= 0.3 is 0 Å². The summed E-state index contributed by atoms with van der Waals surface area (Å²) >= 11 is 0. The SMILES string of the molecule is Cc1cc(N)c2cc(CCCN3CCN(c4ccc(C#N)cc4)CC3)[nH]c(=O)c2c1. The van der Waals surface area contributed by atoms with Gasteiger partial charge in [-0.25, -0.2) is 0 Å². The molecule has 2 heterocycles. The van der Waals surface area contributed by atoms with Crippen molar-refractivity contribution in [3.8, 4) is 6.07 Å². The van der Waals surface area contributed by atoms with Crippen molar-refractivity contribution in [2.75, 3.05) is 43.4 Å². The topological polar surface area (TPSA) is 89.2 Å². The number of pyridine rings is 1. The minimum Gasteiger partial charge on any atom is -0.398 e. The first-order chi connectivity index (χ1) is 14.5. The van der Waals surface area contributed by atoms with Crippen molar-refractivity contribution in [2.24, 2.45) is 0 Å². The van der Waals surface area contributed by atoms with Crippen LogP contribution in [0.15, 0.2) is 47.3 Å². The number of fused-ring (bicyclic) bond motifs is 1. The highest BCUT2D eigenvalue weighted by molar-refractivity contribution is 5.93. The zero-order valence-electron chi connectivity index (χ0n) is 17.3. The average Bonchev–Trinajstić information content (AvgIpc) is 2.75. The molecule has 1 saturated heterocycles. The monoisotopic (exact) mass is 401 g/mol. The molecule has 1 aliphatic heterocycles. The Morgan fingerprint density at radius 1 is 1.07 bits per heavy atom. The van der Waals surface area contributed by atoms with Crippen molar-refractivity contribution < 1.29 is 0 Å². The molecule has 0 atom stereocenters. The van der Waals surface area contributed by atoms with Crippen molar-refractivity contribution in [3.05, 3.63) is 69.6 Å². The summed E-state index contributed by atoms with van der Waals surface area (Å²) in [4.78, 5) is 20.3. The van der Waals surface area contributed by atoms with Crippen LogP contribution in [-0.2, 0) is 6.42 Å². The van der Waals surface area contributed by atoms with Gasteiger partial charge in [0.1, 0.15) is 0 Å². The van der Waals surface area contributed by atoms with Crippen LogP contribution in [0, 0.1) is 18.3 Å². The summed E-state index contributed by atoms with van der Waals surface area (Å²) in [7, 11) is 0. The third-order valence-corrected chi connectivity index (χ3v) is 5.85. The van der Waals surface area contributed by atoms with Gasteiger partial charge in [-0.15, -0.1) is 0 Å². The number of aryl methyl sites for hydroxylation is 2. The van der Waals surface area contributed by atoms with Crippen LogP contribution < -0.4 is 16.2 Å². The number of nitrogens with zero attached hydrogens (tertiary/aromatic N) is 3. The van der Waals surface area contributed by atoms with Gasteiger partial charge in [-0.2, -0.15) is 5.26 Å². The average molecular weight is 402 g/mol. The number of piperazine rings is 1. The number of benzene rings is 2. The maximum Gasteiger partial charge on any atom is 0.256 e. The molecule has 0 unspecified atom stereocenters. The van der Waals surface area contributed by atoms with Crippen LogP contribution in [0.1, 0.15) is 23.2 Å². The smallest absolute Gasteiger partial charge is 0.256 e. The molecular formula is C24H27N5O. The molecule has 30 heavy (non-hydrogen) atoms. The highest BCUT2D eigenvalue weighted by Gasteiger charge is 2.17. The third kappa shape index (κ3) is 4.32. The molecule has 0 saturated carbocycles. The first-order valence-electron chi connectivity index (χ1n) is 10.4. The number of nitrogen functional groups attached to an aromatic ring is 1.